The molecule has 1 aromatic heterocycles. The second kappa shape index (κ2) is 15.5. The fourth-order valence-electron chi connectivity index (χ4n) is 4.07. The number of hydrogen-bond donors (Lipinski definition) is 0. The van der Waals surface area contributed by atoms with E-state index < -0.39 is 166 Å². The molecule has 48 heavy (non-hydrogen) atoms. The van der Waals surface area contributed by atoms with Crippen LogP contribution in [0.3, 0.4) is 0 Å². The van der Waals surface area contributed by atoms with Gasteiger partial charge in [0.05, 0.1) is 22.0 Å². The molecule has 1 amide bonds. The van der Waals surface area contributed by atoms with Gasteiger partial charge in [0.1, 0.15) is 12.4 Å². The summed E-state index contributed by atoms with van der Waals surface area (Å²) in [7, 11) is 0. The second-order valence-corrected chi connectivity index (χ2v) is 10.6. The zero-order valence-corrected chi connectivity index (χ0v) is 26.3. The van der Waals surface area contributed by atoms with Crippen molar-refractivity contribution >= 4 is 17.7 Å². The topological polar surface area (TPSA) is 58.4 Å². The molecular formula is C37H40F4N4O2S. The molecule has 0 spiro atoms. The van der Waals surface area contributed by atoms with Gasteiger partial charge in [0.25, 0.3) is 5.56 Å². The third-order valence-electron chi connectivity index (χ3n) is 6.50. The van der Waals surface area contributed by atoms with Gasteiger partial charge in [-0.1, -0.05) is 80.9 Å². The number of halogens is 4. The highest BCUT2D eigenvalue weighted by Crippen LogP contribution is 2.32. The Bertz CT molecular complexity index is 2750. The molecule has 1 aliphatic rings. The van der Waals surface area contributed by atoms with Crippen LogP contribution < -0.4 is 5.56 Å². The van der Waals surface area contributed by atoms with Crippen LogP contribution in [0, 0.1) is 11.7 Å². The van der Waals surface area contributed by atoms with Crippen molar-refractivity contribution < 1.29 is 51.1 Å². The summed E-state index contributed by atoms with van der Waals surface area (Å²) in [4.78, 5) is 32.8. The van der Waals surface area contributed by atoms with Gasteiger partial charge in [0, 0.05) is 48.8 Å². The SMILES string of the molecule is [2H]c1c([2H])c(C(F)(F)F)c([2H])c([2H])c1-c1c([2H])c([2H])c(C([2H])([2H])N(C(=O)Cn2c(SC([2H])([2H])c3ccc(F)cc3)nc(=O)c3c2C([2H])([2H])C([2H])(C)C3([2H])[2H])C([2H])([2H])C([2H])([2H])N(CC)CC)c([2H])c1[2H]. The number of alkyl halides is 3. The molecule has 0 bridgehead atoms. The first-order chi connectivity index (χ1) is 31.2. The Hall–Kier alpha value is -3.96. The average molecular weight is 702 g/mol. The third-order valence-corrected chi connectivity index (χ3v) is 7.34. The van der Waals surface area contributed by atoms with Crippen LogP contribution in [0.25, 0.3) is 11.1 Å². The lowest BCUT2D eigenvalue weighted by molar-refractivity contribution is -0.137. The maximum absolute atomic E-state index is 15.2. The number of aromatic nitrogens is 2. The number of thioether (sulfide) groups is 1. The van der Waals surface area contributed by atoms with Crippen molar-refractivity contribution in [3.8, 4) is 11.1 Å². The van der Waals surface area contributed by atoms with Crippen LogP contribution in [0.15, 0.2) is 82.6 Å². The quantitative estimate of drug-likeness (QED) is 0.0823. The Labute approximate surface area is 312 Å². The van der Waals surface area contributed by atoms with E-state index in [1.165, 1.54) is 13.8 Å². The number of rotatable bonds is 13. The minimum Gasteiger partial charge on any atom is -0.336 e. The lowest BCUT2D eigenvalue weighted by Crippen LogP contribution is -2.40. The molecule has 0 saturated heterocycles. The molecule has 0 aliphatic heterocycles. The summed E-state index contributed by atoms with van der Waals surface area (Å²) < 4.78 is 241. The Kier molecular flexibility index (Phi) is 5.53. The average Bonchev–Trinajstić information content (AvgIpc) is 3.31. The van der Waals surface area contributed by atoms with Gasteiger partial charge in [-0.3, -0.25) is 9.59 Å². The molecule has 6 nitrogen and oxygen atoms in total. The van der Waals surface area contributed by atoms with Crippen molar-refractivity contribution in [2.45, 2.75) is 63.6 Å². The summed E-state index contributed by atoms with van der Waals surface area (Å²) in [5, 5.41) is -0.989. The van der Waals surface area contributed by atoms with Gasteiger partial charge in [0.15, 0.2) is 5.16 Å². The van der Waals surface area contributed by atoms with Crippen LogP contribution in [-0.2, 0) is 42.5 Å². The van der Waals surface area contributed by atoms with E-state index in [0.717, 1.165) is 36.1 Å². The minimum absolute atomic E-state index is 0.0474. The Morgan fingerprint density at radius 3 is 2.25 bits per heavy atom. The summed E-state index contributed by atoms with van der Waals surface area (Å²) in [5.41, 5.74) is -13.0. The molecule has 1 aliphatic carbocycles. The lowest BCUT2D eigenvalue weighted by Gasteiger charge is -2.28. The van der Waals surface area contributed by atoms with Crippen molar-refractivity contribution in [3.63, 3.8) is 0 Å². The fraction of sp³-hybridized carbons (Fsp3) is 0.378. The predicted octanol–water partition coefficient (Wildman–Crippen LogP) is 7.47. The molecule has 1 unspecified atom stereocenters. The molecule has 1 atom stereocenters. The monoisotopic (exact) mass is 701 g/mol. The second-order valence-electron chi connectivity index (χ2n) is 9.83. The zero-order chi connectivity index (χ0) is 53.1. The van der Waals surface area contributed by atoms with Gasteiger partial charge in [-0.2, -0.15) is 18.2 Å². The highest BCUT2D eigenvalue weighted by molar-refractivity contribution is 7.98. The van der Waals surface area contributed by atoms with E-state index in [0.29, 0.717) is 4.57 Å². The highest BCUT2D eigenvalue weighted by atomic mass is 32.2. The number of carbonyl (C=O) groups is 1. The largest absolute Gasteiger partial charge is 0.416 e. The summed E-state index contributed by atoms with van der Waals surface area (Å²) in [6.07, 6.45) is -12.1. The fourth-order valence-corrected chi connectivity index (χ4v) is 4.81. The van der Waals surface area contributed by atoms with Crippen LogP contribution in [0.1, 0.15) is 77.5 Å². The lowest BCUT2D eigenvalue weighted by atomic mass is 10.0. The first-order valence-corrected chi connectivity index (χ1v) is 15.0. The summed E-state index contributed by atoms with van der Waals surface area (Å²) in [6.45, 7) is -10.7. The number of benzene rings is 3. The molecule has 0 saturated carbocycles. The van der Waals surface area contributed by atoms with E-state index in [2.05, 4.69) is 4.98 Å². The first-order valence-electron chi connectivity index (χ1n) is 24.6. The van der Waals surface area contributed by atoms with Crippen molar-refractivity contribution in [2.24, 2.45) is 5.89 Å². The standard InChI is InChI=1S/C37H40F4N4O2S/c1-4-43(5-2)18-19-44(22-26-6-10-28(11-7-26)29-12-14-30(15-13-29)37(39,40)41)34(46)23-45-33-21-25(3)20-32(33)35(47)42-36(45)48-24-27-8-16-31(38)17-9-27/h6-17,25H,4-5,18-24H2,1-3H3/i6D,7D,10D,11D,12D,13D,14D,15D,18D2,19D2,20D2,21D2,22D2,24D2,25D. The van der Waals surface area contributed by atoms with E-state index in [-0.39, 0.29) is 30.4 Å². The van der Waals surface area contributed by atoms with E-state index in [9.17, 15) is 27.8 Å². The van der Waals surface area contributed by atoms with Gasteiger partial charge in [-0.15, -0.1) is 0 Å². The number of hydrogen-bond acceptors (Lipinski definition) is 5. The van der Waals surface area contributed by atoms with Crippen molar-refractivity contribution in [1.29, 1.82) is 0 Å². The van der Waals surface area contributed by atoms with Gasteiger partial charge in [-0.05, 0) is 78.2 Å². The van der Waals surface area contributed by atoms with Crippen LogP contribution in [-0.4, -0.2) is 51.3 Å². The van der Waals surface area contributed by atoms with E-state index in [1.54, 1.807) is 0 Å². The zero-order valence-electron chi connectivity index (χ0n) is 46.5. The van der Waals surface area contributed by atoms with Crippen molar-refractivity contribution in [2.75, 3.05) is 26.1 Å². The molecule has 4 aromatic rings. The first kappa shape index (κ1) is 17.1. The maximum Gasteiger partial charge on any atom is 0.416 e. The molecule has 0 N–H and O–H groups in total. The Balaban J connectivity index is 1.88. The molecule has 11 heteroatoms. The van der Waals surface area contributed by atoms with E-state index in [1.807, 2.05) is 0 Å². The number of fused-ring (bicyclic) bond motifs is 1. The van der Waals surface area contributed by atoms with E-state index in [4.69, 9.17) is 23.3 Å². The summed E-state index contributed by atoms with van der Waals surface area (Å²) >= 11 is -0.0474. The maximum atomic E-state index is 15.2. The predicted molar refractivity (Wildman–Crippen MR) is 181 cm³/mol. The minimum atomic E-state index is -5.45. The molecule has 3 aromatic carbocycles. The normalized spacial score (nSPS) is 25.5. The smallest absolute Gasteiger partial charge is 0.336 e. The molecule has 0 fully saturated rings. The summed E-state index contributed by atoms with van der Waals surface area (Å²) in [6, 6.07) is -8.78. The number of nitrogens with zero attached hydrogens (tertiary/aromatic N) is 4. The number of amides is 1. The number of likely N-dealkylation sites (N-methyl/N-ethyl adjacent to an activating group) is 1. The van der Waals surface area contributed by atoms with E-state index >= 15 is 4.79 Å². The van der Waals surface area contributed by atoms with Crippen LogP contribution in [0.4, 0.5) is 17.6 Å². The van der Waals surface area contributed by atoms with Gasteiger partial charge in [-0.25, -0.2) is 4.39 Å². The molecule has 254 valence electrons. The van der Waals surface area contributed by atoms with Crippen molar-refractivity contribution in [1.82, 2.24) is 19.4 Å². The van der Waals surface area contributed by atoms with Gasteiger partial charge < -0.3 is 14.4 Å². The molecular weight excluding hydrogens is 640 g/mol. The van der Waals surface area contributed by atoms with Gasteiger partial charge >= 0.3 is 6.18 Å². The van der Waals surface area contributed by atoms with Gasteiger partial charge in [0.2, 0.25) is 5.91 Å². The Morgan fingerprint density at radius 1 is 1.02 bits per heavy atom. The molecule has 5 rings (SSSR count). The van der Waals surface area contributed by atoms with Crippen LogP contribution >= 0.6 is 11.8 Å². The molecule has 0 radical (unpaired) electrons. The number of carbonyl (C=O) groups excluding carboxylic acids is 1. The Morgan fingerprint density at radius 2 is 1.65 bits per heavy atom. The highest BCUT2D eigenvalue weighted by Gasteiger charge is 2.30. The summed E-state index contributed by atoms with van der Waals surface area (Å²) in [5.74, 6) is -5.78. The van der Waals surface area contributed by atoms with Crippen LogP contribution in [0.5, 0.6) is 0 Å². The third kappa shape index (κ3) is 8.73. The van der Waals surface area contributed by atoms with Crippen LogP contribution in [0.2, 0.25) is 0 Å². The molecule has 1 heterocycles. The van der Waals surface area contributed by atoms with Crippen molar-refractivity contribution in [3.05, 3.63) is 117 Å².